The van der Waals surface area contributed by atoms with E-state index >= 15 is 4.39 Å². The summed E-state index contributed by atoms with van der Waals surface area (Å²) in [5.74, 6) is -0.990. The fourth-order valence-corrected chi connectivity index (χ4v) is 8.32. The van der Waals surface area contributed by atoms with Crippen molar-refractivity contribution < 1.29 is 19.1 Å². The molecule has 1 amide bonds. The fraction of sp³-hybridized carbons (Fsp3) is 0.548. The topological polar surface area (TPSA) is 78.4 Å². The van der Waals surface area contributed by atoms with E-state index in [9.17, 15) is 14.7 Å². The lowest BCUT2D eigenvalue weighted by Gasteiger charge is -2.36. The molecule has 0 unspecified atom stereocenters. The number of aliphatic hydroxyl groups excluding tert-OH is 1. The quantitative estimate of drug-likeness (QED) is 0.367. The minimum absolute atomic E-state index is 0.00993. The number of Topliss-reactive ketones (excluding diaryl/α,β-unsaturated/α-hetero) is 1. The molecule has 3 N–H and O–H groups in total. The highest BCUT2D eigenvalue weighted by molar-refractivity contribution is 6.31. The largest absolute Gasteiger partial charge is 0.393 e. The molecule has 2 aromatic carbocycles. The van der Waals surface area contributed by atoms with E-state index in [1.807, 2.05) is 6.07 Å². The Morgan fingerprint density at radius 1 is 1.03 bits per heavy atom. The molecule has 0 radical (unpaired) electrons. The molecule has 2 saturated carbocycles. The van der Waals surface area contributed by atoms with E-state index < -0.39 is 23.2 Å². The van der Waals surface area contributed by atoms with E-state index in [1.54, 1.807) is 24.3 Å². The molecule has 4 atom stereocenters. The van der Waals surface area contributed by atoms with Crippen LogP contribution in [0.25, 0.3) is 0 Å². The summed E-state index contributed by atoms with van der Waals surface area (Å²) in [6, 6.07) is 9.14. The molecule has 5 nitrogen and oxygen atoms in total. The van der Waals surface area contributed by atoms with Crippen LogP contribution < -0.4 is 10.6 Å². The van der Waals surface area contributed by atoms with Gasteiger partial charge in [-0.2, -0.15) is 0 Å². The van der Waals surface area contributed by atoms with Crippen LogP contribution >= 0.6 is 23.2 Å². The number of nitrogens with one attached hydrogen (secondary N) is 2. The summed E-state index contributed by atoms with van der Waals surface area (Å²) in [4.78, 5) is 28.4. The number of ketones is 1. The molecule has 2 aliphatic heterocycles. The lowest BCUT2D eigenvalue weighted by Crippen LogP contribution is -2.49. The van der Waals surface area contributed by atoms with Crippen LogP contribution in [0.15, 0.2) is 36.4 Å². The average Bonchev–Trinajstić information content (AvgIpc) is 3.61. The highest BCUT2D eigenvalue weighted by Crippen LogP contribution is 2.57. The third-order valence-electron chi connectivity index (χ3n) is 9.82. The van der Waals surface area contributed by atoms with Crippen molar-refractivity contribution in [2.75, 3.05) is 5.32 Å². The van der Waals surface area contributed by atoms with Crippen molar-refractivity contribution in [1.82, 2.24) is 5.32 Å². The van der Waals surface area contributed by atoms with Crippen molar-refractivity contribution in [3.8, 4) is 0 Å². The summed E-state index contributed by atoms with van der Waals surface area (Å²) in [5, 5.41) is 17.1. The molecule has 0 aromatic heterocycles. The Morgan fingerprint density at radius 3 is 2.51 bits per heavy atom. The van der Waals surface area contributed by atoms with Gasteiger partial charge in [-0.05, 0) is 73.3 Å². The van der Waals surface area contributed by atoms with Gasteiger partial charge in [0.15, 0.2) is 5.78 Å². The van der Waals surface area contributed by atoms with Gasteiger partial charge in [-0.25, -0.2) is 4.39 Å². The Kier molecular flexibility index (Phi) is 7.51. The predicted molar refractivity (Wildman–Crippen MR) is 151 cm³/mol. The van der Waals surface area contributed by atoms with Crippen molar-refractivity contribution in [2.24, 2.45) is 11.8 Å². The van der Waals surface area contributed by atoms with Gasteiger partial charge in [0.2, 0.25) is 5.91 Å². The maximum Gasteiger partial charge on any atom is 0.237 e. The van der Waals surface area contributed by atoms with Crippen molar-refractivity contribution in [2.45, 2.75) is 93.7 Å². The first-order chi connectivity index (χ1) is 18.8. The smallest absolute Gasteiger partial charge is 0.237 e. The molecular formula is C31H35Cl2FN2O3. The monoisotopic (exact) mass is 572 g/mol. The number of fused-ring (bicyclic) bond motifs is 2. The number of rotatable bonds is 6. The molecule has 8 heteroatoms. The van der Waals surface area contributed by atoms with Crippen LogP contribution in [0.1, 0.15) is 81.3 Å². The van der Waals surface area contributed by atoms with Crippen LogP contribution in [0.3, 0.4) is 0 Å². The number of hydrogen-bond acceptors (Lipinski definition) is 4. The van der Waals surface area contributed by atoms with Crippen LogP contribution in [-0.2, 0) is 15.0 Å². The van der Waals surface area contributed by atoms with Gasteiger partial charge in [0.1, 0.15) is 11.2 Å². The Labute approximate surface area is 238 Å². The van der Waals surface area contributed by atoms with Crippen LogP contribution in [0, 0.1) is 17.7 Å². The van der Waals surface area contributed by atoms with Crippen LogP contribution in [-0.4, -0.2) is 35.0 Å². The van der Waals surface area contributed by atoms with Gasteiger partial charge >= 0.3 is 0 Å². The fourth-order valence-electron chi connectivity index (χ4n) is 7.97. The number of aliphatic hydroxyl groups is 1. The molecule has 6 rings (SSSR count). The van der Waals surface area contributed by atoms with E-state index in [0.717, 1.165) is 50.5 Å². The molecule has 1 saturated heterocycles. The Bertz CT molecular complexity index is 1270. The number of carbonyl (C=O) groups excluding carboxylic acids is 2. The zero-order valence-electron chi connectivity index (χ0n) is 21.9. The molecule has 2 aromatic rings. The summed E-state index contributed by atoms with van der Waals surface area (Å²) in [6.07, 6.45) is 8.20. The standard InChI is InChI=1S/C31H35Cl2FN2O3/c32-19-10-13-22-24(16-19)35-30(39)31(22)26(15-17-4-1-2-5-17)36-29(25(38)14-18-8-11-20(37)12-9-18)27(31)21-6-3-7-23(33)28(21)34/h3,6-7,10,13,16-18,20,26-27,29,36-37H,1-2,4-5,8-9,11-12,14-15H2,(H,35,39)/t18?,20?,26-,27-,29-,31+/m0/s1. The first-order valence-electron chi connectivity index (χ1n) is 14.3. The highest BCUT2D eigenvalue weighted by Gasteiger charge is 2.65. The SMILES string of the molecule is O=C(CC1CCC(O)CC1)[C@@H]1N[C@@H](CC2CCCC2)[C@@]2(C(=O)Nc3cc(Cl)ccc32)[C@H]1c1cccc(Cl)c1F. The molecule has 2 heterocycles. The maximum absolute atomic E-state index is 15.9. The predicted octanol–water partition coefficient (Wildman–Crippen LogP) is 6.54. The van der Waals surface area contributed by atoms with Crippen LogP contribution in [0.5, 0.6) is 0 Å². The van der Waals surface area contributed by atoms with Crippen LogP contribution in [0.2, 0.25) is 10.0 Å². The number of hydrogen-bond donors (Lipinski definition) is 3. The van der Waals surface area contributed by atoms with Gasteiger partial charge < -0.3 is 15.7 Å². The number of halogens is 3. The van der Waals surface area contributed by atoms with Gasteiger partial charge in [-0.3, -0.25) is 9.59 Å². The summed E-state index contributed by atoms with van der Waals surface area (Å²) in [5.41, 5.74) is 0.483. The summed E-state index contributed by atoms with van der Waals surface area (Å²) < 4.78 is 15.9. The van der Waals surface area contributed by atoms with Crippen molar-refractivity contribution in [3.63, 3.8) is 0 Å². The zero-order valence-corrected chi connectivity index (χ0v) is 23.4. The minimum Gasteiger partial charge on any atom is -0.393 e. The highest BCUT2D eigenvalue weighted by atomic mass is 35.5. The lowest BCUT2D eigenvalue weighted by molar-refractivity contribution is -0.123. The van der Waals surface area contributed by atoms with Gasteiger partial charge in [-0.15, -0.1) is 0 Å². The third kappa shape index (κ3) is 4.71. The summed E-state index contributed by atoms with van der Waals surface area (Å²) >= 11 is 12.6. The zero-order chi connectivity index (χ0) is 27.3. The van der Waals surface area contributed by atoms with Gasteiger partial charge in [0.05, 0.1) is 17.2 Å². The average molecular weight is 574 g/mol. The number of anilines is 1. The molecule has 3 fully saturated rings. The molecule has 39 heavy (non-hydrogen) atoms. The van der Waals surface area contributed by atoms with Gasteiger partial charge in [0, 0.05) is 29.1 Å². The van der Waals surface area contributed by atoms with E-state index in [0.29, 0.717) is 41.5 Å². The Morgan fingerprint density at radius 2 is 1.77 bits per heavy atom. The molecule has 208 valence electrons. The third-order valence-corrected chi connectivity index (χ3v) is 10.3. The number of benzene rings is 2. The molecule has 4 aliphatic rings. The normalized spacial score (nSPS) is 32.5. The van der Waals surface area contributed by atoms with E-state index in [4.69, 9.17) is 23.2 Å². The second-order valence-corrected chi connectivity index (χ2v) is 12.9. The number of carbonyl (C=O) groups is 2. The van der Waals surface area contributed by atoms with Crippen molar-refractivity contribution in [3.05, 3.63) is 63.4 Å². The van der Waals surface area contributed by atoms with Gasteiger partial charge in [0.25, 0.3) is 0 Å². The summed E-state index contributed by atoms with van der Waals surface area (Å²) in [7, 11) is 0. The Balaban J connectivity index is 1.48. The molecule has 1 spiro atoms. The van der Waals surface area contributed by atoms with Crippen molar-refractivity contribution in [1.29, 1.82) is 0 Å². The second kappa shape index (κ2) is 10.8. The molecular weight excluding hydrogens is 538 g/mol. The number of amides is 1. The molecule has 2 aliphatic carbocycles. The lowest BCUT2D eigenvalue weighted by atomic mass is 9.62. The van der Waals surface area contributed by atoms with Gasteiger partial charge in [-0.1, -0.05) is 67.1 Å². The van der Waals surface area contributed by atoms with Crippen LogP contribution in [0.4, 0.5) is 10.1 Å². The second-order valence-electron chi connectivity index (χ2n) is 12.1. The Hall–Kier alpha value is -1.99. The minimum atomic E-state index is -1.18. The molecule has 0 bridgehead atoms. The van der Waals surface area contributed by atoms with E-state index in [1.165, 1.54) is 6.07 Å². The summed E-state index contributed by atoms with van der Waals surface area (Å²) in [6.45, 7) is 0. The first kappa shape index (κ1) is 27.2. The van der Waals surface area contributed by atoms with Crippen molar-refractivity contribution >= 4 is 40.6 Å². The van der Waals surface area contributed by atoms with E-state index in [2.05, 4.69) is 10.6 Å². The van der Waals surface area contributed by atoms with E-state index in [-0.39, 0.29) is 34.8 Å². The maximum atomic E-state index is 15.9. The first-order valence-corrected chi connectivity index (χ1v) is 15.1.